The number of nitrogens with one attached hydrogen (secondary N) is 1. The van der Waals surface area contributed by atoms with Crippen LogP contribution in [0.25, 0.3) is 22.0 Å². The second kappa shape index (κ2) is 8.12. The Bertz CT molecular complexity index is 1420. The molecule has 2 N–H and O–H groups in total. The number of hydrogen-bond donors (Lipinski definition) is 2. The largest absolute Gasteiger partial charge is 0.480 e. The Labute approximate surface area is 185 Å². The molecule has 8 heteroatoms. The molecule has 4 rings (SSSR count). The van der Waals surface area contributed by atoms with E-state index in [1.165, 1.54) is 12.1 Å². The Balaban J connectivity index is 1.72. The highest BCUT2D eigenvalue weighted by molar-refractivity contribution is 7.92. The summed E-state index contributed by atoms with van der Waals surface area (Å²) in [7, 11) is -3.73. The van der Waals surface area contributed by atoms with Gasteiger partial charge in [0.05, 0.1) is 4.90 Å². The number of rotatable bonds is 6. The van der Waals surface area contributed by atoms with Crippen molar-refractivity contribution in [2.24, 2.45) is 0 Å². The number of aromatic nitrogens is 1. The first-order valence-electron chi connectivity index (χ1n) is 9.86. The second-order valence-electron chi connectivity index (χ2n) is 7.60. The van der Waals surface area contributed by atoms with Crippen LogP contribution in [0.15, 0.2) is 71.6 Å². The van der Waals surface area contributed by atoms with Gasteiger partial charge < -0.3 is 9.67 Å². The van der Waals surface area contributed by atoms with Crippen molar-refractivity contribution in [3.63, 3.8) is 0 Å². The zero-order valence-electron chi connectivity index (χ0n) is 17.5. The maximum atomic E-state index is 14.0. The summed E-state index contributed by atoms with van der Waals surface area (Å²) in [6.07, 6.45) is 0. The molecule has 0 saturated carbocycles. The lowest BCUT2D eigenvalue weighted by Crippen LogP contribution is -2.12. The molecular formula is C24H21FN2O4S. The van der Waals surface area contributed by atoms with Gasteiger partial charge in [-0.1, -0.05) is 29.8 Å². The normalized spacial score (nSPS) is 11.6. The number of sulfonamides is 1. The monoisotopic (exact) mass is 452 g/mol. The third-order valence-electron chi connectivity index (χ3n) is 5.34. The second-order valence-corrected chi connectivity index (χ2v) is 9.28. The summed E-state index contributed by atoms with van der Waals surface area (Å²) in [5.41, 5.74) is 4.07. The van der Waals surface area contributed by atoms with E-state index in [9.17, 15) is 22.7 Å². The number of carboxylic acids is 1. The first-order valence-corrected chi connectivity index (χ1v) is 11.3. The third kappa shape index (κ3) is 4.09. The molecule has 32 heavy (non-hydrogen) atoms. The predicted molar refractivity (Wildman–Crippen MR) is 122 cm³/mol. The van der Waals surface area contributed by atoms with E-state index in [2.05, 4.69) is 4.72 Å². The highest BCUT2D eigenvalue weighted by atomic mass is 32.2. The van der Waals surface area contributed by atoms with E-state index in [4.69, 9.17) is 0 Å². The Hall–Kier alpha value is -3.65. The number of anilines is 1. The lowest BCUT2D eigenvalue weighted by Gasteiger charge is -2.10. The number of fused-ring (bicyclic) bond motifs is 1. The van der Waals surface area contributed by atoms with E-state index in [-0.39, 0.29) is 11.4 Å². The molecule has 0 aliphatic carbocycles. The number of halogens is 1. The SMILES string of the molecule is Cc1ccc(S(=O)(=O)Nc2ccc(-c3c(C)n(CC(=O)O)c4ccc(F)cc34)cc2)cc1. The fourth-order valence-electron chi connectivity index (χ4n) is 3.79. The molecule has 0 spiro atoms. The molecule has 0 aliphatic heterocycles. The molecule has 164 valence electrons. The lowest BCUT2D eigenvalue weighted by molar-refractivity contribution is -0.137. The zero-order chi connectivity index (χ0) is 23.0. The average Bonchev–Trinajstić information content (AvgIpc) is 2.99. The fourth-order valence-corrected chi connectivity index (χ4v) is 4.85. The fraction of sp³-hybridized carbons (Fsp3) is 0.125. The van der Waals surface area contributed by atoms with E-state index in [0.29, 0.717) is 27.8 Å². The molecule has 0 bridgehead atoms. The number of carboxylic acid groups (broad SMARTS) is 1. The first kappa shape index (κ1) is 21.6. The van der Waals surface area contributed by atoms with Crippen LogP contribution in [0.3, 0.4) is 0 Å². The van der Waals surface area contributed by atoms with Crippen LogP contribution in [-0.4, -0.2) is 24.1 Å². The third-order valence-corrected chi connectivity index (χ3v) is 6.73. The van der Waals surface area contributed by atoms with Crippen molar-refractivity contribution >= 4 is 32.6 Å². The summed E-state index contributed by atoms with van der Waals surface area (Å²) in [4.78, 5) is 11.5. The summed E-state index contributed by atoms with van der Waals surface area (Å²) >= 11 is 0. The Morgan fingerprint density at radius 2 is 1.66 bits per heavy atom. The van der Waals surface area contributed by atoms with E-state index < -0.39 is 21.8 Å². The Morgan fingerprint density at radius 1 is 1.00 bits per heavy atom. The summed E-state index contributed by atoms with van der Waals surface area (Å²) in [5, 5.41) is 9.87. The van der Waals surface area contributed by atoms with Gasteiger partial charge in [-0.25, -0.2) is 12.8 Å². The van der Waals surface area contributed by atoms with Crippen molar-refractivity contribution in [1.29, 1.82) is 0 Å². The van der Waals surface area contributed by atoms with E-state index in [0.717, 1.165) is 11.1 Å². The van der Waals surface area contributed by atoms with Crippen molar-refractivity contribution in [2.75, 3.05) is 4.72 Å². The van der Waals surface area contributed by atoms with Gasteiger partial charge in [-0.3, -0.25) is 9.52 Å². The smallest absolute Gasteiger partial charge is 0.323 e. The molecule has 3 aromatic carbocycles. The van der Waals surface area contributed by atoms with Crippen LogP contribution in [0.5, 0.6) is 0 Å². The highest BCUT2D eigenvalue weighted by Crippen LogP contribution is 2.35. The number of aliphatic carboxylic acids is 1. The van der Waals surface area contributed by atoms with Crippen molar-refractivity contribution in [1.82, 2.24) is 4.57 Å². The van der Waals surface area contributed by atoms with E-state index in [1.54, 1.807) is 66.1 Å². The summed E-state index contributed by atoms with van der Waals surface area (Å²) in [5.74, 6) is -1.42. The predicted octanol–water partition coefficient (Wildman–Crippen LogP) is 4.95. The number of aryl methyl sites for hydroxylation is 1. The summed E-state index contributed by atoms with van der Waals surface area (Å²) < 4.78 is 43.4. The molecule has 0 amide bonds. The molecule has 6 nitrogen and oxygen atoms in total. The van der Waals surface area contributed by atoms with Crippen LogP contribution < -0.4 is 4.72 Å². The zero-order valence-corrected chi connectivity index (χ0v) is 18.3. The van der Waals surface area contributed by atoms with Crippen molar-refractivity contribution in [2.45, 2.75) is 25.3 Å². The number of hydrogen-bond acceptors (Lipinski definition) is 3. The van der Waals surface area contributed by atoms with Crippen molar-refractivity contribution < 1.29 is 22.7 Å². The van der Waals surface area contributed by atoms with Gasteiger partial charge in [-0.2, -0.15) is 0 Å². The van der Waals surface area contributed by atoms with Gasteiger partial charge in [0.1, 0.15) is 12.4 Å². The van der Waals surface area contributed by atoms with Crippen LogP contribution in [0.1, 0.15) is 11.3 Å². The van der Waals surface area contributed by atoms with Crippen molar-refractivity contribution in [3.05, 3.63) is 83.8 Å². The first-order chi connectivity index (χ1) is 15.2. The van der Waals surface area contributed by atoms with Gasteiger partial charge in [0.2, 0.25) is 0 Å². The summed E-state index contributed by atoms with van der Waals surface area (Å²) in [6, 6.07) is 17.5. The maximum Gasteiger partial charge on any atom is 0.323 e. The van der Waals surface area contributed by atoms with Gasteiger partial charge in [0, 0.05) is 27.8 Å². The van der Waals surface area contributed by atoms with Gasteiger partial charge in [0.25, 0.3) is 10.0 Å². The van der Waals surface area contributed by atoms with Crippen LogP contribution in [0.2, 0.25) is 0 Å². The van der Waals surface area contributed by atoms with Crippen LogP contribution >= 0.6 is 0 Å². The summed E-state index contributed by atoms with van der Waals surface area (Å²) in [6.45, 7) is 3.41. The van der Waals surface area contributed by atoms with Gasteiger partial charge in [-0.15, -0.1) is 0 Å². The average molecular weight is 453 g/mol. The van der Waals surface area contributed by atoms with Gasteiger partial charge >= 0.3 is 5.97 Å². The minimum atomic E-state index is -3.73. The number of benzene rings is 3. The van der Waals surface area contributed by atoms with Gasteiger partial charge in [-0.05, 0) is 61.9 Å². The Kier molecular flexibility index (Phi) is 5.48. The van der Waals surface area contributed by atoms with Crippen molar-refractivity contribution in [3.8, 4) is 11.1 Å². The molecule has 1 aromatic heterocycles. The maximum absolute atomic E-state index is 14.0. The number of nitrogens with zero attached hydrogens (tertiary/aromatic N) is 1. The van der Waals surface area contributed by atoms with E-state index >= 15 is 0 Å². The minimum Gasteiger partial charge on any atom is -0.480 e. The lowest BCUT2D eigenvalue weighted by atomic mass is 10.0. The Morgan fingerprint density at radius 3 is 2.28 bits per heavy atom. The topological polar surface area (TPSA) is 88.4 Å². The van der Waals surface area contributed by atoms with Gasteiger partial charge in [0.15, 0.2) is 0 Å². The molecule has 0 fully saturated rings. The molecule has 4 aromatic rings. The molecule has 0 unspecified atom stereocenters. The number of carbonyl (C=O) groups is 1. The molecule has 1 heterocycles. The molecule has 0 radical (unpaired) electrons. The van der Waals surface area contributed by atoms with E-state index in [1.807, 2.05) is 6.92 Å². The highest BCUT2D eigenvalue weighted by Gasteiger charge is 2.19. The minimum absolute atomic E-state index is 0.162. The molecule has 0 saturated heterocycles. The quantitative estimate of drug-likeness (QED) is 0.433. The van der Waals surface area contributed by atoms with Crippen LogP contribution in [0.4, 0.5) is 10.1 Å². The molecule has 0 atom stereocenters. The van der Waals surface area contributed by atoms with Crippen LogP contribution in [-0.2, 0) is 21.4 Å². The standard InChI is InChI=1S/C24H21FN2O4S/c1-15-3-10-20(11-4-15)32(30,31)26-19-8-5-17(6-9-19)24-16(2)27(14-23(28)29)22-12-7-18(25)13-21(22)24/h3-13,26H,14H2,1-2H3,(H,28,29). The molecule has 0 aliphatic rings. The molecular weight excluding hydrogens is 431 g/mol. The van der Waals surface area contributed by atoms with Crippen LogP contribution in [0, 0.1) is 19.7 Å².